The third-order valence-corrected chi connectivity index (χ3v) is 4.63. The zero-order chi connectivity index (χ0) is 11.4. The van der Waals surface area contributed by atoms with Crippen molar-refractivity contribution in [1.82, 2.24) is 5.32 Å². The molecule has 2 fully saturated rings. The van der Waals surface area contributed by atoms with Crippen molar-refractivity contribution in [2.24, 2.45) is 11.8 Å². The Morgan fingerprint density at radius 1 is 1.25 bits per heavy atom. The van der Waals surface area contributed by atoms with Gasteiger partial charge in [-0.25, -0.2) is 0 Å². The van der Waals surface area contributed by atoms with E-state index in [1.807, 2.05) is 0 Å². The van der Waals surface area contributed by atoms with Gasteiger partial charge in [-0.2, -0.15) is 0 Å². The second kappa shape index (κ2) is 5.50. The maximum absolute atomic E-state index is 5.46. The molecule has 2 heterocycles. The van der Waals surface area contributed by atoms with E-state index in [9.17, 15) is 0 Å². The van der Waals surface area contributed by atoms with Crippen LogP contribution in [0.2, 0.25) is 0 Å². The highest BCUT2D eigenvalue weighted by molar-refractivity contribution is 4.95. The Labute approximate surface area is 100 Å². The van der Waals surface area contributed by atoms with E-state index in [-0.39, 0.29) is 0 Å². The van der Waals surface area contributed by atoms with Crippen LogP contribution in [0.4, 0.5) is 0 Å². The molecule has 2 aliphatic rings. The lowest BCUT2D eigenvalue weighted by molar-refractivity contribution is 0.0412. The van der Waals surface area contributed by atoms with Crippen LogP contribution < -0.4 is 5.32 Å². The van der Waals surface area contributed by atoms with Gasteiger partial charge in [0.25, 0.3) is 0 Å². The molecule has 0 saturated carbocycles. The number of ether oxygens (including phenoxy) is 1. The van der Waals surface area contributed by atoms with Gasteiger partial charge in [-0.05, 0) is 50.5 Å². The monoisotopic (exact) mass is 225 g/mol. The highest BCUT2D eigenvalue weighted by Gasteiger charge is 2.37. The van der Waals surface area contributed by atoms with E-state index in [0.717, 1.165) is 25.0 Å². The van der Waals surface area contributed by atoms with Crippen molar-refractivity contribution in [3.8, 4) is 0 Å². The maximum atomic E-state index is 5.46. The Kier molecular flexibility index (Phi) is 4.26. The van der Waals surface area contributed by atoms with Crippen LogP contribution in [-0.2, 0) is 4.74 Å². The van der Waals surface area contributed by atoms with Gasteiger partial charge in [0.05, 0.1) is 0 Å². The molecule has 2 heteroatoms. The SMILES string of the molecule is CC(C)C1(CC2CCOCC2)CCCCN1. The van der Waals surface area contributed by atoms with E-state index in [2.05, 4.69) is 19.2 Å². The van der Waals surface area contributed by atoms with Gasteiger partial charge < -0.3 is 10.1 Å². The Bertz CT molecular complexity index is 203. The normalized spacial score (nSPS) is 33.2. The van der Waals surface area contributed by atoms with Gasteiger partial charge in [-0.3, -0.25) is 0 Å². The summed E-state index contributed by atoms with van der Waals surface area (Å²) in [5.41, 5.74) is 0.431. The molecule has 16 heavy (non-hydrogen) atoms. The van der Waals surface area contributed by atoms with Gasteiger partial charge in [0.2, 0.25) is 0 Å². The Hall–Kier alpha value is -0.0800. The molecular weight excluding hydrogens is 198 g/mol. The fourth-order valence-electron chi connectivity index (χ4n) is 3.36. The summed E-state index contributed by atoms with van der Waals surface area (Å²) in [6, 6.07) is 0. The first kappa shape index (κ1) is 12.4. The van der Waals surface area contributed by atoms with Crippen molar-refractivity contribution >= 4 is 0 Å². The van der Waals surface area contributed by atoms with Crippen molar-refractivity contribution in [3.63, 3.8) is 0 Å². The van der Waals surface area contributed by atoms with Crippen LogP contribution >= 0.6 is 0 Å². The van der Waals surface area contributed by atoms with Crippen LogP contribution in [0.25, 0.3) is 0 Å². The molecule has 0 aliphatic carbocycles. The second-order valence-electron chi connectivity index (χ2n) is 5.95. The fraction of sp³-hybridized carbons (Fsp3) is 1.00. The van der Waals surface area contributed by atoms with Crippen LogP contribution in [0.3, 0.4) is 0 Å². The molecule has 0 amide bonds. The lowest BCUT2D eigenvalue weighted by atomic mass is 9.72. The standard InChI is InChI=1S/C14H27NO/c1-12(2)14(7-3-4-8-15-14)11-13-5-9-16-10-6-13/h12-13,15H,3-11H2,1-2H3. The molecule has 0 aromatic carbocycles. The lowest BCUT2D eigenvalue weighted by Gasteiger charge is -2.45. The molecule has 2 nitrogen and oxygen atoms in total. The van der Waals surface area contributed by atoms with Gasteiger partial charge in [-0.1, -0.05) is 20.3 Å². The zero-order valence-electron chi connectivity index (χ0n) is 10.9. The average Bonchev–Trinajstić information content (AvgIpc) is 2.31. The van der Waals surface area contributed by atoms with Crippen molar-refractivity contribution in [3.05, 3.63) is 0 Å². The molecule has 94 valence electrons. The van der Waals surface area contributed by atoms with Gasteiger partial charge in [-0.15, -0.1) is 0 Å². The number of nitrogens with one attached hydrogen (secondary N) is 1. The third kappa shape index (κ3) is 2.78. The van der Waals surface area contributed by atoms with Gasteiger partial charge in [0.1, 0.15) is 0 Å². The minimum absolute atomic E-state index is 0.431. The van der Waals surface area contributed by atoms with Crippen LogP contribution in [0.15, 0.2) is 0 Å². The third-order valence-electron chi connectivity index (χ3n) is 4.63. The van der Waals surface area contributed by atoms with E-state index in [1.54, 1.807) is 0 Å². The predicted molar refractivity (Wildman–Crippen MR) is 67.6 cm³/mol. The quantitative estimate of drug-likeness (QED) is 0.797. The molecular formula is C14H27NO. The fourth-order valence-corrected chi connectivity index (χ4v) is 3.36. The molecule has 0 spiro atoms. The summed E-state index contributed by atoms with van der Waals surface area (Å²) in [7, 11) is 0. The molecule has 2 aliphatic heterocycles. The van der Waals surface area contributed by atoms with Crippen molar-refractivity contribution in [2.45, 2.75) is 57.9 Å². The first-order valence-corrected chi connectivity index (χ1v) is 7.06. The van der Waals surface area contributed by atoms with Crippen LogP contribution in [0, 0.1) is 11.8 Å². The van der Waals surface area contributed by atoms with Crippen LogP contribution in [0.1, 0.15) is 52.4 Å². The topological polar surface area (TPSA) is 21.3 Å². The summed E-state index contributed by atoms with van der Waals surface area (Å²) in [5.74, 6) is 1.65. The van der Waals surface area contributed by atoms with Crippen molar-refractivity contribution in [1.29, 1.82) is 0 Å². The summed E-state index contributed by atoms with van der Waals surface area (Å²) in [6.07, 6.45) is 8.07. The lowest BCUT2D eigenvalue weighted by Crippen LogP contribution is -2.53. The highest BCUT2D eigenvalue weighted by Crippen LogP contribution is 2.36. The Morgan fingerprint density at radius 2 is 2.00 bits per heavy atom. The van der Waals surface area contributed by atoms with E-state index < -0.39 is 0 Å². The minimum Gasteiger partial charge on any atom is -0.381 e. The van der Waals surface area contributed by atoms with Crippen LogP contribution in [0.5, 0.6) is 0 Å². The maximum Gasteiger partial charge on any atom is 0.0468 e. The van der Waals surface area contributed by atoms with Gasteiger partial charge in [0, 0.05) is 18.8 Å². The van der Waals surface area contributed by atoms with Crippen LogP contribution in [-0.4, -0.2) is 25.3 Å². The van der Waals surface area contributed by atoms with Crippen molar-refractivity contribution < 1.29 is 4.74 Å². The molecule has 0 bridgehead atoms. The first-order valence-electron chi connectivity index (χ1n) is 7.06. The summed E-state index contributed by atoms with van der Waals surface area (Å²) in [6.45, 7) is 7.97. The number of rotatable bonds is 3. The van der Waals surface area contributed by atoms with Gasteiger partial charge in [0.15, 0.2) is 0 Å². The largest absolute Gasteiger partial charge is 0.381 e. The summed E-state index contributed by atoms with van der Waals surface area (Å²) in [4.78, 5) is 0. The van der Waals surface area contributed by atoms with E-state index in [1.165, 1.54) is 45.1 Å². The summed E-state index contributed by atoms with van der Waals surface area (Å²) < 4.78 is 5.46. The van der Waals surface area contributed by atoms with E-state index in [0.29, 0.717) is 5.54 Å². The molecule has 2 rings (SSSR count). The second-order valence-corrected chi connectivity index (χ2v) is 5.95. The number of piperidine rings is 1. The average molecular weight is 225 g/mol. The molecule has 0 radical (unpaired) electrons. The Morgan fingerprint density at radius 3 is 2.56 bits per heavy atom. The van der Waals surface area contributed by atoms with E-state index >= 15 is 0 Å². The first-order chi connectivity index (χ1) is 7.73. The molecule has 1 unspecified atom stereocenters. The smallest absolute Gasteiger partial charge is 0.0468 e. The summed E-state index contributed by atoms with van der Waals surface area (Å²) in [5, 5.41) is 3.84. The van der Waals surface area contributed by atoms with E-state index in [4.69, 9.17) is 4.74 Å². The number of hydrogen-bond acceptors (Lipinski definition) is 2. The van der Waals surface area contributed by atoms with Gasteiger partial charge >= 0.3 is 0 Å². The number of hydrogen-bond donors (Lipinski definition) is 1. The summed E-state index contributed by atoms with van der Waals surface area (Å²) >= 11 is 0. The highest BCUT2D eigenvalue weighted by atomic mass is 16.5. The molecule has 0 aromatic heterocycles. The molecule has 1 N–H and O–H groups in total. The van der Waals surface area contributed by atoms with Crippen molar-refractivity contribution in [2.75, 3.05) is 19.8 Å². The zero-order valence-corrected chi connectivity index (χ0v) is 10.9. The molecule has 1 atom stereocenters. The predicted octanol–water partition coefficient (Wildman–Crippen LogP) is 2.97. The molecule has 2 saturated heterocycles. The molecule has 0 aromatic rings. The minimum atomic E-state index is 0.431. The Balaban J connectivity index is 1.95.